The van der Waals surface area contributed by atoms with Gasteiger partial charge in [0.15, 0.2) is 0 Å². The van der Waals surface area contributed by atoms with E-state index < -0.39 is 0 Å². The van der Waals surface area contributed by atoms with Crippen molar-refractivity contribution in [2.24, 2.45) is 0 Å². The highest BCUT2D eigenvalue weighted by Crippen LogP contribution is 2.07. The third kappa shape index (κ3) is 3.46. The van der Waals surface area contributed by atoms with Gasteiger partial charge in [-0.1, -0.05) is 12.8 Å². The number of terminal acetylenes is 1. The molecule has 1 N–H and O–H groups in total. The van der Waals surface area contributed by atoms with Crippen LogP contribution in [0.25, 0.3) is 0 Å². The summed E-state index contributed by atoms with van der Waals surface area (Å²) >= 11 is 1.60. The van der Waals surface area contributed by atoms with Crippen LogP contribution in [0.3, 0.4) is 0 Å². The fourth-order valence-corrected chi connectivity index (χ4v) is 2.16. The second kappa shape index (κ2) is 6.44. The van der Waals surface area contributed by atoms with E-state index in [0.29, 0.717) is 18.7 Å². The van der Waals surface area contributed by atoms with Crippen LogP contribution in [0.1, 0.15) is 13.3 Å². The largest absolute Gasteiger partial charge is 0.343 e. The lowest BCUT2D eigenvalue weighted by molar-refractivity contribution is -0.144. The van der Waals surface area contributed by atoms with Crippen molar-refractivity contribution in [3.8, 4) is 12.3 Å². The van der Waals surface area contributed by atoms with Gasteiger partial charge in [0.1, 0.15) is 6.04 Å². The van der Waals surface area contributed by atoms with E-state index in [2.05, 4.69) is 11.2 Å². The van der Waals surface area contributed by atoms with Gasteiger partial charge in [-0.3, -0.25) is 9.59 Å². The summed E-state index contributed by atoms with van der Waals surface area (Å²) in [5.74, 6) is 3.89. The predicted molar refractivity (Wildman–Crippen MR) is 65.0 cm³/mol. The van der Waals surface area contributed by atoms with Gasteiger partial charge in [0.2, 0.25) is 11.8 Å². The number of hydrogen-bond donors (Lipinski definition) is 1. The molecule has 16 heavy (non-hydrogen) atoms. The molecule has 0 aromatic heterocycles. The van der Waals surface area contributed by atoms with Crippen LogP contribution in [0, 0.1) is 12.3 Å². The van der Waals surface area contributed by atoms with E-state index in [-0.39, 0.29) is 24.4 Å². The summed E-state index contributed by atoms with van der Waals surface area (Å²) < 4.78 is 0. The maximum atomic E-state index is 11.8. The van der Waals surface area contributed by atoms with Crippen molar-refractivity contribution in [3.63, 3.8) is 0 Å². The highest BCUT2D eigenvalue weighted by molar-refractivity contribution is 7.99. The molecule has 0 spiro atoms. The minimum absolute atomic E-state index is 0.0170. The molecule has 0 aliphatic carbocycles. The van der Waals surface area contributed by atoms with E-state index >= 15 is 0 Å². The van der Waals surface area contributed by atoms with E-state index in [0.717, 1.165) is 5.75 Å². The number of thioether (sulfide) groups is 1. The van der Waals surface area contributed by atoms with Crippen LogP contribution in [-0.2, 0) is 9.59 Å². The zero-order valence-corrected chi connectivity index (χ0v) is 10.2. The van der Waals surface area contributed by atoms with Crippen LogP contribution in [0.15, 0.2) is 0 Å². The maximum absolute atomic E-state index is 11.8. The van der Waals surface area contributed by atoms with E-state index in [1.165, 1.54) is 0 Å². The average molecular weight is 240 g/mol. The number of hydrogen-bond acceptors (Lipinski definition) is 3. The fourth-order valence-electron chi connectivity index (χ4n) is 1.55. The van der Waals surface area contributed by atoms with Gasteiger partial charge in [-0.2, -0.15) is 0 Å². The van der Waals surface area contributed by atoms with Crippen molar-refractivity contribution in [2.75, 3.05) is 24.6 Å². The summed E-state index contributed by atoms with van der Waals surface area (Å²) in [6.45, 7) is 2.65. The Hall–Kier alpha value is -1.15. The Bertz CT molecular complexity index is 312. The first-order valence-electron chi connectivity index (χ1n) is 5.28. The van der Waals surface area contributed by atoms with E-state index in [9.17, 15) is 9.59 Å². The lowest BCUT2D eigenvalue weighted by Crippen LogP contribution is -2.58. The molecule has 1 atom stereocenters. The Kier molecular flexibility index (Phi) is 5.20. The summed E-state index contributed by atoms with van der Waals surface area (Å²) in [6.07, 6.45) is 5.76. The van der Waals surface area contributed by atoms with E-state index in [1.807, 2.05) is 6.92 Å². The number of nitrogens with one attached hydrogen (secondary N) is 1. The van der Waals surface area contributed by atoms with Gasteiger partial charge in [0, 0.05) is 12.3 Å². The number of rotatable bonds is 5. The minimum Gasteiger partial charge on any atom is -0.343 e. The molecule has 1 aliphatic heterocycles. The zero-order valence-electron chi connectivity index (χ0n) is 9.36. The molecule has 1 aliphatic rings. The fraction of sp³-hybridized carbons (Fsp3) is 0.636. The molecular formula is C11H16N2O2S. The second-order valence-electron chi connectivity index (χ2n) is 3.54. The van der Waals surface area contributed by atoms with Gasteiger partial charge in [0.05, 0.1) is 12.3 Å². The number of piperazine rings is 1. The SMILES string of the molecule is C#CCSCCN1CC(=O)NC(CC)C1=O. The van der Waals surface area contributed by atoms with Gasteiger partial charge in [-0.15, -0.1) is 18.2 Å². The van der Waals surface area contributed by atoms with Crippen LogP contribution >= 0.6 is 11.8 Å². The Morgan fingerprint density at radius 1 is 1.62 bits per heavy atom. The first-order valence-corrected chi connectivity index (χ1v) is 6.43. The normalized spacial score (nSPS) is 20.5. The van der Waals surface area contributed by atoms with E-state index in [4.69, 9.17) is 6.42 Å². The van der Waals surface area contributed by atoms with Crippen LogP contribution in [-0.4, -0.2) is 47.4 Å². The van der Waals surface area contributed by atoms with Gasteiger partial charge >= 0.3 is 0 Å². The minimum atomic E-state index is -0.348. The molecule has 2 amide bonds. The first kappa shape index (κ1) is 12.9. The number of amides is 2. The Balaban J connectivity index is 2.42. The summed E-state index contributed by atoms with van der Waals surface area (Å²) in [5, 5.41) is 2.68. The molecule has 4 nitrogen and oxygen atoms in total. The topological polar surface area (TPSA) is 49.4 Å². The van der Waals surface area contributed by atoms with Gasteiger partial charge < -0.3 is 10.2 Å². The summed E-state index contributed by atoms with van der Waals surface area (Å²) in [7, 11) is 0. The Morgan fingerprint density at radius 3 is 3.00 bits per heavy atom. The van der Waals surface area contributed by atoms with Gasteiger partial charge in [-0.25, -0.2) is 0 Å². The molecule has 0 radical (unpaired) electrons. The Morgan fingerprint density at radius 2 is 2.38 bits per heavy atom. The van der Waals surface area contributed by atoms with Crippen molar-refractivity contribution in [1.29, 1.82) is 0 Å². The molecule has 1 fully saturated rings. The van der Waals surface area contributed by atoms with Crippen LogP contribution in [0.2, 0.25) is 0 Å². The highest BCUT2D eigenvalue weighted by Gasteiger charge is 2.30. The summed E-state index contributed by atoms with van der Waals surface area (Å²) in [5.41, 5.74) is 0. The van der Waals surface area contributed by atoms with Crippen molar-refractivity contribution in [2.45, 2.75) is 19.4 Å². The van der Waals surface area contributed by atoms with E-state index in [1.54, 1.807) is 16.7 Å². The lowest BCUT2D eigenvalue weighted by atomic mass is 10.1. The van der Waals surface area contributed by atoms with Gasteiger partial charge in [-0.05, 0) is 6.42 Å². The second-order valence-corrected chi connectivity index (χ2v) is 4.65. The molecule has 0 bridgehead atoms. The molecule has 0 aromatic rings. The van der Waals surface area contributed by atoms with Crippen molar-refractivity contribution in [3.05, 3.63) is 0 Å². The standard InChI is InChI=1S/C11H16N2O2S/c1-3-6-16-7-5-13-8-10(14)12-9(4-2)11(13)15/h1,9H,4-8H2,2H3,(H,12,14). The lowest BCUT2D eigenvalue weighted by Gasteiger charge is -2.31. The van der Waals surface area contributed by atoms with Crippen LogP contribution in [0.5, 0.6) is 0 Å². The molecule has 0 aromatic carbocycles. The molecule has 0 saturated carbocycles. The summed E-state index contributed by atoms with van der Waals surface area (Å²) in [6, 6.07) is -0.348. The number of carbonyl (C=O) groups is 2. The summed E-state index contributed by atoms with van der Waals surface area (Å²) in [4.78, 5) is 24.8. The molecule has 1 saturated heterocycles. The van der Waals surface area contributed by atoms with Crippen LogP contribution in [0.4, 0.5) is 0 Å². The molecule has 1 heterocycles. The van der Waals surface area contributed by atoms with Crippen molar-refractivity contribution in [1.82, 2.24) is 10.2 Å². The molecule has 1 unspecified atom stereocenters. The molecule has 1 rings (SSSR count). The molecular weight excluding hydrogens is 224 g/mol. The number of nitrogens with zero attached hydrogens (tertiary/aromatic N) is 1. The third-order valence-electron chi connectivity index (χ3n) is 2.38. The third-order valence-corrected chi connectivity index (χ3v) is 3.22. The average Bonchev–Trinajstić information content (AvgIpc) is 2.28. The Labute approximate surface area is 100 Å². The molecule has 5 heteroatoms. The monoisotopic (exact) mass is 240 g/mol. The quantitative estimate of drug-likeness (QED) is 0.547. The van der Waals surface area contributed by atoms with Crippen LogP contribution < -0.4 is 5.32 Å². The number of carbonyl (C=O) groups excluding carboxylic acids is 2. The van der Waals surface area contributed by atoms with Crippen molar-refractivity contribution >= 4 is 23.6 Å². The highest BCUT2D eigenvalue weighted by atomic mass is 32.2. The van der Waals surface area contributed by atoms with Crippen molar-refractivity contribution < 1.29 is 9.59 Å². The maximum Gasteiger partial charge on any atom is 0.245 e. The predicted octanol–water partition coefficient (Wildman–Crippen LogP) is 0.0898. The first-order chi connectivity index (χ1) is 7.69. The van der Waals surface area contributed by atoms with Gasteiger partial charge in [0.25, 0.3) is 0 Å². The molecule has 88 valence electrons. The zero-order chi connectivity index (χ0) is 12.0. The smallest absolute Gasteiger partial charge is 0.245 e.